The zero-order valence-electron chi connectivity index (χ0n) is 12.1. The van der Waals surface area contributed by atoms with Crippen molar-refractivity contribution in [3.63, 3.8) is 0 Å². The van der Waals surface area contributed by atoms with Crippen LogP contribution < -0.4 is 5.46 Å². The Balaban J connectivity index is 0.000000492. The van der Waals surface area contributed by atoms with E-state index in [1.807, 2.05) is 37.3 Å². The molecular weight excluding hydrogens is 223 g/mol. The molecule has 0 amide bonds. The zero-order valence-corrected chi connectivity index (χ0v) is 12.1. The van der Waals surface area contributed by atoms with Crippen molar-refractivity contribution in [3.8, 4) is 0 Å². The largest absolute Gasteiger partial charge is 0.494 e. The molecule has 0 atom stereocenters. The molecule has 0 radical (unpaired) electrons. The Morgan fingerprint density at radius 1 is 1.00 bits per heavy atom. The minimum atomic E-state index is -0.256. The van der Waals surface area contributed by atoms with Crippen LogP contribution in [-0.2, 0) is 9.31 Å². The van der Waals surface area contributed by atoms with E-state index in [4.69, 9.17) is 9.31 Å². The molecule has 2 nitrogen and oxygen atoms in total. The van der Waals surface area contributed by atoms with Gasteiger partial charge in [0.15, 0.2) is 0 Å². The first-order chi connectivity index (χ1) is 8.34. The van der Waals surface area contributed by atoms with E-state index in [9.17, 15) is 0 Å². The smallest absolute Gasteiger partial charge is 0.399 e. The number of rotatable bonds is 1. The maximum atomic E-state index is 5.93. The van der Waals surface area contributed by atoms with Crippen LogP contribution in [0.1, 0.15) is 34.6 Å². The highest BCUT2D eigenvalue weighted by Gasteiger charge is 2.51. The summed E-state index contributed by atoms with van der Waals surface area (Å²) in [6.07, 6.45) is 1.75. The lowest BCUT2D eigenvalue weighted by Crippen LogP contribution is -2.41. The van der Waals surface area contributed by atoms with E-state index in [1.54, 1.807) is 6.08 Å². The number of hydrogen-bond acceptors (Lipinski definition) is 2. The Bertz CT molecular complexity index is 369. The van der Waals surface area contributed by atoms with Crippen LogP contribution in [0.15, 0.2) is 43.0 Å². The van der Waals surface area contributed by atoms with Crippen LogP contribution in [-0.4, -0.2) is 18.3 Å². The SMILES string of the molecule is C=CC.CC1(C)OB(c2ccccc2)OC1(C)C. The van der Waals surface area contributed by atoms with Crippen molar-refractivity contribution in [2.24, 2.45) is 0 Å². The molecule has 18 heavy (non-hydrogen) atoms. The Labute approximate surface area is 111 Å². The summed E-state index contributed by atoms with van der Waals surface area (Å²) in [5.74, 6) is 0. The van der Waals surface area contributed by atoms with E-state index >= 15 is 0 Å². The Morgan fingerprint density at radius 2 is 1.39 bits per heavy atom. The normalized spacial score (nSPS) is 19.9. The fourth-order valence-corrected chi connectivity index (χ4v) is 1.59. The van der Waals surface area contributed by atoms with E-state index in [2.05, 4.69) is 34.3 Å². The fraction of sp³-hybridized carbons (Fsp3) is 0.467. The summed E-state index contributed by atoms with van der Waals surface area (Å²) < 4.78 is 11.9. The van der Waals surface area contributed by atoms with Gasteiger partial charge in [0.2, 0.25) is 0 Å². The molecule has 98 valence electrons. The second-order valence-corrected chi connectivity index (χ2v) is 5.41. The summed E-state index contributed by atoms with van der Waals surface area (Å²) in [4.78, 5) is 0. The summed E-state index contributed by atoms with van der Waals surface area (Å²) in [7, 11) is -0.240. The molecule has 1 fully saturated rings. The molecule has 1 aromatic rings. The molecule has 1 aliphatic rings. The van der Waals surface area contributed by atoms with E-state index in [-0.39, 0.29) is 18.3 Å². The predicted molar refractivity (Wildman–Crippen MR) is 78.0 cm³/mol. The van der Waals surface area contributed by atoms with Gasteiger partial charge >= 0.3 is 7.12 Å². The molecule has 0 spiro atoms. The number of hydrogen-bond donors (Lipinski definition) is 0. The minimum Gasteiger partial charge on any atom is -0.399 e. The van der Waals surface area contributed by atoms with Crippen LogP contribution >= 0.6 is 0 Å². The van der Waals surface area contributed by atoms with Crippen LogP contribution in [0.4, 0.5) is 0 Å². The molecule has 0 unspecified atom stereocenters. The molecule has 1 heterocycles. The number of benzene rings is 1. The Kier molecular flexibility index (Phi) is 4.77. The van der Waals surface area contributed by atoms with E-state index in [0.29, 0.717) is 0 Å². The fourth-order valence-electron chi connectivity index (χ4n) is 1.59. The highest BCUT2D eigenvalue weighted by atomic mass is 16.7. The first-order valence-electron chi connectivity index (χ1n) is 6.31. The van der Waals surface area contributed by atoms with Gasteiger partial charge in [-0.2, -0.15) is 0 Å². The average molecular weight is 246 g/mol. The van der Waals surface area contributed by atoms with Gasteiger partial charge in [0, 0.05) is 0 Å². The Morgan fingerprint density at radius 3 is 1.78 bits per heavy atom. The molecule has 1 saturated heterocycles. The van der Waals surface area contributed by atoms with Gasteiger partial charge in [-0.25, -0.2) is 0 Å². The lowest BCUT2D eigenvalue weighted by Gasteiger charge is -2.32. The minimum absolute atomic E-state index is 0.240. The number of allylic oxidation sites excluding steroid dienone is 1. The molecule has 2 rings (SSSR count). The molecule has 0 aliphatic carbocycles. The van der Waals surface area contributed by atoms with Gasteiger partial charge in [-0.3, -0.25) is 0 Å². The van der Waals surface area contributed by atoms with Crippen LogP contribution in [0.2, 0.25) is 0 Å². The first-order valence-corrected chi connectivity index (χ1v) is 6.31. The lowest BCUT2D eigenvalue weighted by molar-refractivity contribution is 0.00578. The van der Waals surface area contributed by atoms with Crippen molar-refractivity contribution >= 4 is 12.6 Å². The van der Waals surface area contributed by atoms with Crippen molar-refractivity contribution in [1.29, 1.82) is 0 Å². The highest BCUT2D eigenvalue weighted by molar-refractivity contribution is 6.62. The molecule has 0 bridgehead atoms. The quantitative estimate of drug-likeness (QED) is 0.559. The van der Waals surface area contributed by atoms with Gasteiger partial charge in [0.1, 0.15) is 0 Å². The second-order valence-electron chi connectivity index (χ2n) is 5.41. The van der Waals surface area contributed by atoms with Gasteiger partial charge in [-0.05, 0) is 40.1 Å². The molecule has 1 aliphatic heterocycles. The maximum Gasteiger partial charge on any atom is 0.494 e. The van der Waals surface area contributed by atoms with Crippen LogP contribution in [0.25, 0.3) is 0 Å². The molecule has 1 aromatic carbocycles. The summed E-state index contributed by atoms with van der Waals surface area (Å²) in [5, 5.41) is 0. The standard InChI is InChI=1S/C12H17BO2.C3H6/c1-11(2)12(3,4)15-13(14-11)10-8-6-5-7-9-10;1-3-2/h5-9H,1-4H3;3H,1H2,2H3. The van der Waals surface area contributed by atoms with Gasteiger partial charge in [-0.15, -0.1) is 6.58 Å². The molecule has 0 saturated carbocycles. The van der Waals surface area contributed by atoms with E-state index in [0.717, 1.165) is 5.46 Å². The molecule has 3 heteroatoms. The third-order valence-electron chi connectivity index (χ3n) is 3.32. The van der Waals surface area contributed by atoms with Gasteiger partial charge in [0.25, 0.3) is 0 Å². The van der Waals surface area contributed by atoms with E-state index < -0.39 is 0 Å². The van der Waals surface area contributed by atoms with Crippen molar-refractivity contribution in [3.05, 3.63) is 43.0 Å². The predicted octanol–water partition coefficient (Wildman–Crippen LogP) is 3.18. The highest BCUT2D eigenvalue weighted by Crippen LogP contribution is 2.36. The third kappa shape index (κ3) is 3.24. The monoisotopic (exact) mass is 246 g/mol. The summed E-state index contributed by atoms with van der Waals surface area (Å²) in [6.45, 7) is 13.5. The molecule has 0 N–H and O–H groups in total. The second kappa shape index (κ2) is 5.72. The maximum absolute atomic E-state index is 5.93. The van der Waals surface area contributed by atoms with Crippen molar-refractivity contribution in [2.45, 2.75) is 45.8 Å². The summed E-state index contributed by atoms with van der Waals surface area (Å²) in [6, 6.07) is 10.1. The van der Waals surface area contributed by atoms with Crippen LogP contribution in [0, 0.1) is 0 Å². The zero-order chi connectivity index (χ0) is 13.8. The average Bonchev–Trinajstić information content (AvgIpc) is 2.51. The van der Waals surface area contributed by atoms with Gasteiger partial charge < -0.3 is 9.31 Å². The van der Waals surface area contributed by atoms with Crippen molar-refractivity contribution in [2.75, 3.05) is 0 Å². The molecular formula is C15H23BO2. The summed E-state index contributed by atoms with van der Waals surface area (Å²) in [5.41, 5.74) is 0.567. The summed E-state index contributed by atoms with van der Waals surface area (Å²) >= 11 is 0. The third-order valence-corrected chi connectivity index (χ3v) is 3.32. The van der Waals surface area contributed by atoms with Crippen molar-refractivity contribution in [1.82, 2.24) is 0 Å². The molecule has 0 aromatic heterocycles. The van der Waals surface area contributed by atoms with Crippen molar-refractivity contribution < 1.29 is 9.31 Å². The van der Waals surface area contributed by atoms with Gasteiger partial charge in [0.05, 0.1) is 11.2 Å². The topological polar surface area (TPSA) is 18.5 Å². The van der Waals surface area contributed by atoms with Crippen LogP contribution in [0.3, 0.4) is 0 Å². The van der Waals surface area contributed by atoms with E-state index in [1.165, 1.54) is 0 Å². The van der Waals surface area contributed by atoms with Crippen LogP contribution in [0.5, 0.6) is 0 Å². The van der Waals surface area contributed by atoms with Gasteiger partial charge in [-0.1, -0.05) is 36.4 Å². The lowest BCUT2D eigenvalue weighted by atomic mass is 9.79. The Hall–Kier alpha value is -1.06. The first kappa shape index (κ1) is 15.0.